The number of nitrogens with zero attached hydrogens (tertiary/aromatic N) is 4. The molecular weight excluding hydrogens is 334 g/mol. The maximum Gasteiger partial charge on any atom is 0.242 e. The maximum absolute atomic E-state index is 12.0. The van der Waals surface area contributed by atoms with E-state index in [-0.39, 0.29) is 11.4 Å². The van der Waals surface area contributed by atoms with E-state index in [2.05, 4.69) is 35.8 Å². The van der Waals surface area contributed by atoms with E-state index in [0.717, 1.165) is 0 Å². The van der Waals surface area contributed by atoms with Gasteiger partial charge in [-0.1, -0.05) is 0 Å². The second-order valence-electron chi connectivity index (χ2n) is 3.70. The summed E-state index contributed by atoms with van der Waals surface area (Å²) in [6, 6.07) is 1.49. The van der Waals surface area contributed by atoms with E-state index < -0.39 is 10.0 Å². The largest absolute Gasteiger partial charge is 0.317 e. The van der Waals surface area contributed by atoms with Crippen LogP contribution in [0.2, 0.25) is 0 Å². The van der Waals surface area contributed by atoms with Crippen LogP contribution in [0.3, 0.4) is 0 Å². The van der Waals surface area contributed by atoms with Crippen molar-refractivity contribution in [1.29, 1.82) is 0 Å². The van der Waals surface area contributed by atoms with Gasteiger partial charge in [0.2, 0.25) is 10.0 Å². The fraction of sp³-hybridized carbons (Fsp3) is 0.300. The van der Waals surface area contributed by atoms with Crippen molar-refractivity contribution in [3.8, 4) is 0 Å². The standard InChI is InChI=1S/C10H12BrN5O2S/c1-2-16-7-13-15-10(16)6-14-19(17,18)9-3-8(11)4-12-5-9/h3-5,7,14H,2,6H2,1H3. The molecule has 0 aliphatic heterocycles. The van der Waals surface area contributed by atoms with Gasteiger partial charge in [0, 0.05) is 23.4 Å². The number of rotatable bonds is 5. The quantitative estimate of drug-likeness (QED) is 0.870. The van der Waals surface area contributed by atoms with Crippen molar-refractivity contribution in [2.45, 2.75) is 24.9 Å². The van der Waals surface area contributed by atoms with Crippen molar-refractivity contribution in [3.05, 3.63) is 35.1 Å². The van der Waals surface area contributed by atoms with Crippen molar-refractivity contribution in [1.82, 2.24) is 24.5 Å². The Kier molecular flexibility index (Phi) is 4.27. The molecular formula is C10H12BrN5O2S. The molecule has 19 heavy (non-hydrogen) atoms. The van der Waals surface area contributed by atoms with Crippen LogP contribution in [-0.2, 0) is 23.1 Å². The molecule has 2 heterocycles. The summed E-state index contributed by atoms with van der Waals surface area (Å²) in [6.45, 7) is 2.70. The normalized spacial score (nSPS) is 11.7. The molecule has 7 nitrogen and oxygen atoms in total. The lowest BCUT2D eigenvalue weighted by molar-refractivity contribution is 0.574. The molecule has 9 heteroatoms. The van der Waals surface area contributed by atoms with Crippen LogP contribution in [0, 0.1) is 0 Å². The molecule has 0 saturated heterocycles. The van der Waals surface area contributed by atoms with Crippen LogP contribution in [0.25, 0.3) is 0 Å². The summed E-state index contributed by atoms with van der Waals surface area (Å²) in [5.41, 5.74) is 0. The molecule has 0 aromatic carbocycles. The Labute approximate surface area is 119 Å². The van der Waals surface area contributed by atoms with Gasteiger partial charge in [0.15, 0.2) is 0 Å². The van der Waals surface area contributed by atoms with Crippen molar-refractivity contribution in [2.75, 3.05) is 0 Å². The van der Waals surface area contributed by atoms with Crippen LogP contribution < -0.4 is 4.72 Å². The van der Waals surface area contributed by atoms with E-state index in [9.17, 15) is 8.42 Å². The van der Waals surface area contributed by atoms with Crippen LogP contribution in [0.15, 0.2) is 34.2 Å². The third-order valence-corrected chi connectivity index (χ3v) is 4.25. The Hall–Kier alpha value is -1.32. The molecule has 2 aromatic rings. The van der Waals surface area contributed by atoms with E-state index in [1.54, 1.807) is 10.9 Å². The lowest BCUT2D eigenvalue weighted by Crippen LogP contribution is -2.25. The minimum Gasteiger partial charge on any atom is -0.317 e. The number of hydrogen-bond acceptors (Lipinski definition) is 5. The number of aryl methyl sites for hydroxylation is 1. The minimum atomic E-state index is -3.61. The van der Waals surface area contributed by atoms with Gasteiger partial charge in [0.25, 0.3) is 0 Å². The molecule has 0 radical (unpaired) electrons. The van der Waals surface area contributed by atoms with Gasteiger partial charge < -0.3 is 4.57 Å². The van der Waals surface area contributed by atoms with Crippen LogP contribution in [-0.4, -0.2) is 28.2 Å². The highest BCUT2D eigenvalue weighted by molar-refractivity contribution is 9.10. The molecule has 0 aliphatic rings. The summed E-state index contributed by atoms with van der Waals surface area (Å²) in [5, 5.41) is 7.60. The second kappa shape index (κ2) is 5.76. The SMILES string of the molecule is CCn1cnnc1CNS(=O)(=O)c1cncc(Br)c1. The highest BCUT2D eigenvalue weighted by atomic mass is 79.9. The van der Waals surface area contributed by atoms with Gasteiger partial charge in [0.05, 0.1) is 6.54 Å². The Balaban J connectivity index is 2.14. The molecule has 2 aromatic heterocycles. The van der Waals surface area contributed by atoms with Gasteiger partial charge in [0.1, 0.15) is 17.0 Å². The Morgan fingerprint density at radius 2 is 2.21 bits per heavy atom. The summed E-state index contributed by atoms with van der Waals surface area (Å²) in [4.78, 5) is 3.93. The highest BCUT2D eigenvalue weighted by Crippen LogP contribution is 2.14. The number of pyridine rings is 1. The second-order valence-corrected chi connectivity index (χ2v) is 6.38. The lowest BCUT2D eigenvalue weighted by atomic mass is 10.5. The van der Waals surface area contributed by atoms with Gasteiger partial charge >= 0.3 is 0 Å². The number of sulfonamides is 1. The predicted molar refractivity (Wildman–Crippen MR) is 71.7 cm³/mol. The topological polar surface area (TPSA) is 89.8 Å². The zero-order chi connectivity index (χ0) is 13.9. The summed E-state index contributed by atoms with van der Waals surface area (Å²) < 4.78 is 28.9. The summed E-state index contributed by atoms with van der Waals surface area (Å²) in [7, 11) is -3.61. The molecule has 0 fully saturated rings. The minimum absolute atomic E-state index is 0.0860. The molecule has 0 aliphatic carbocycles. The first-order chi connectivity index (χ1) is 9.03. The molecule has 2 rings (SSSR count). The first-order valence-corrected chi connectivity index (χ1v) is 7.77. The monoisotopic (exact) mass is 345 g/mol. The molecule has 0 bridgehead atoms. The Bertz CT molecular complexity index is 670. The van der Waals surface area contributed by atoms with Crippen LogP contribution in [0.5, 0.6) is 0 Å². The van der Waals surface area contributed by atoms with E-state index in [0.29, 0.717) is 16.8 Å². The van der Waals surface area contributed by atoms with E-state index >= 15 is 0 Å². The zero-order valence-electron chi connectivity index (χ0n) is 10.1. The third kappa shape index (κ3) is 3.37. The smallest absolute Gasteiger partial charge is 0.242 e. The molecule has 0 amide bonds. The zero-order valence-corrected chi connectivity index (χ0v) is 12.5. The van der Waals surface area contributed by atoms with Crippen LogP contribution in [0.4, 0.5) is 0 Å². The van der Waals surface area contributed by atoms with E-state index in [1.165, 1.54) is 18.5 Å². The first kappa shape index (κ1) is 14.1. The fourth-order valence-electron chi connectivity index (χ4n) is 1.46. The number of nitrogens with one attached hydrogen (secondary N) is 1. The number of hydrogen-bond donors (Lipinski definition) is 1. The van der Waals surface area contributed by atoms with Crippen LogP contribution in [0.1, 0.15) is 12.7 Å². The van der Waals surface area contributed by atoms with E-state index in [1.807, 2.05) is 6.92 Å². The van der Waals surface area contributed by atoms with Crippen molar-refractivity contribution < 1.29 is 8.42 Å². The fourth-order valence-corrected chi connectivity index (χ4v) is 2.95. The maximum atomic E-state index is 12.0. The van der Waals surface area contributed by atoms with Gasteiger partial charge in [-0.3, -0.25) is 4.98 Å². The first-order valence-electron chi connectivity index (χ1n) is 5.50. The average Bonchev–Trinajstić information content (AvgIpc) is 2.84. The Morgan fingerprint density at radius 1 is 1.42 bits per heavy atom. The van der Waals surface area contributed by atoms with Crippen molar-refractivity contribution in [2.24, 2.45) is 0 Å². The molecule has 0 unspecified atom stereocenters. The molecule has 102 valence electrons. The van der Waals surface area contributed by atoms with Crippen LogP contribution >= 0.6 is 15.9 Å². The number of aromatic nitrogens is 4. The Morgan fingerprint density at radius 3 is 2.89 bits per heavy atom. The predicted octanol–water partition coefficient (Wildman–Crippen LogP) is 0.934. The van der Waals surface area contributed by atoms with Gasteiger partial charge in [-0.25, -0.2) is 13.1 Å². The summed E-state index contributed by atoms with van der Waals surface area (Å²) in [6.07, 6.45) is 4.37. The molecule has 0 saturated carbocycles. The van der Waals surface area contributed by atoms with Gasteiger partial charge in [-0.2, -0.15) is 0 Å². The van der Waals surface area contributed by atoms with Crippen molar-refractivity contribution in [3.63, 3.8) is 0 Å². The molecule has 1 N–H and O–H groups in total. The number of halogens is 1. The van der Waals surface area contributed by atoms with E-state index in [4.69, 9.17) is 0 Å². The third-order valence-electron chi connectivity index (χ3n) is 2.45. The highest BCUT2D eigenvalue weighted by Gasteiger charge is 2.16. The van der Waals surface area contributed by atoms with Crippen molar-refractivity contribution >= 4 is 26.0 Å². The van der Waals surface area contributed by atoms with Gasteiger partial charge in [-0.05, 0) is 28.9 Å². The molecule has 0 spiro atoms. The lowest BCUT2D eigenvalue weighted by Gasteiger charge is -2.07. The van der Waals surface area contributed by atoms with Gasteiger partial charge in [-0.15, -0.1) is 10.2 Å². The summed E-state index contributed by atoms with van der Waals surface area (Å²) >= 11 is 3.19. The molecule has 0 atom stereocenters. The summed E-state index contributed by atoms with van der Waals surface area (Å²) in [5.74, 6) is 0.564. The average molecular weight is 346 g/mol.